The third-order valence-corrected chi connectivity index (χ3v) is 3.62. The van der Waals surface area contributed by atoms with Crippen molar-refractivity contribution in [1.82, 2.24) is 4.90 Å². The van der Waals surface area contributed by atoms with Gasteiger partial charge in [-0.3, -0.25) is 24.5 Å². The molecule has 168 valence electrons. The van der Waals surface area contributed by atoms with Crippen LogP contribution in [0.1, 0.15) is 12.8 Å². The van der Waals surface area contributed by atoms with Gasteiger partial charge >= 0.3 is 23.9 Å². The van der Waals surface area contributed by atoms with Crippen LogP contribution in [0.5, 0.6) is 0 Å². The van der Waals surface area contributed by atoms with Gasteiger partial charge in [-0.25, -0.2) is 9.68 Å². The van der Waals surface area contributed by atoms with Gasteiger partial charge in [-0.2, -0.15) is 0 Å². The number of carbonyl (C=O) groups is 4. The molecule has 3 atom stereocenters. The monoisotopic (exact) mass is 427 g/mol. The van der Waals surface area contributed by atoms with E-state index in [0.717, 1.165) is 4.90 Å². The number of aliphatic carboxylic acids is 4. The fourth-order valence-electron chi connectivity index (χ4n) is 2.22. The molecule has 0 aliphatic carbocycles. The second kappa shape index (κ2) is 14.6. The van der Waals surface area contributed by atoms with E-state index in [-0.39, 0.29) is 26.3 Å². The summed E-state index contributed by atoms with van der Waals surface area (Å²) in [5.41, 5.74) is 0. The van der Waals surface area contributed by atoms with Crippen molar-refractivity contribution < 1.29 is 64.3 Å². The number of aliphatic hydroxyl groups is 1. The van der Waals surface area contributed by atoms with Gasteiger partial charge in [0.15, 0.2) is 6.10 Å². The van der Waals surface area contributed by atoms with Crippen LogP contribution in [-0.4, -0.2) is 117 Å². The Hall–Kier alpha value is -2.36. The summed E-state index contributed by atoms with van der Waals surface area (Å²) >= 11 is 0. The number of carboxylic acids is 4. The van der Waals surface area contributed by atoms with Crippen LogP contribution in [0.25, 0.3) is 0 Å². The van der Waals surface area contributed by atoms with Crippen molar-refractivity contribution >= 4 is 23.9 Å². The molecule has 0 radical (unpaired) electrons. The second-order valence-electron chi connectivity index (χ2n) is 5.75. The van der Waals surface area contributed by atoms with Crippen LogP contribution in [0, 0.1) is 0 Å². The lowest BCUT2D eigenvalue weighted by molar-refractivity contribution is -0.262. The van der Waals surface area contributed by atoms with Gasteiger partial charge in [-0.15, -0.1) is 0 Å². The number of ether oxygens (including phenoxy) is 2. The van der Waals surface area contributed by atoms with Gasteiger partial charge in [0.2, 0.25) is 0 Å². The third-order valence-electron chi connectivity index (χ3n) is 3.62. The molecule has 0 aromatic carbocycles. The maximum absolute atomic E-state index is 11.4. The molecule has 0 amide bonds. The minimum atomic E-state index is -1.66. The number of hydrogen-bond donors (Lipinski definition) is 6. The average molecular weight is 427 g/mol. The van der Waals surface area contributed by atoms with E-state index in [1.807, 2.05) is 0 Å². The highest BCUT2D eigenvalue weighted by molar-refractivity contribution is 5.80. The quantitative estimate of drug-likeness (QED) is 0.103. The lowest BCUT2D eigenvalue weighted by Gasteiger charge is -2.28. The largest absolute Gasteiger partial charge is 0.481 e. The summed E-state index contributed by atoms with van der Waals surface area (Å²) in [5.74, 6) is -5.76. The van der Waals surface area contributed by atoms with E-state index in [9.17, 15) is 24.3 Å². The van der Waals surface area contributed by atoms with Crippen molar-refractivity contribution in [1.29, 1.82) is 0 Å². The molecule has 0 aromatic heterocycles. The Labute approximate surface area is 164 Å². The summed E-state index contributed by atoms with van der Waals surface area (Å²) < 4.78 is 10.2. The second-order valence-corrected chi connectivity index (χ2v) is 5.75. The van der Waals surface area contributed by atoms with Crippen LogP contribution in [0.3, 0.4) is 0 Å². The van der Waals surface area contributed by atoms with Gasteiger partial charge in [0.05, 0.1) is 32.7 Å². The summed E-state index contributed by atoms with van der Waals surface area (Å²) in [7, 11) is 0. The predicted octanol–water partition coefficient (Wildman–Crippen LogP) is -1.97. The van der Waals surface area contributed by atoms with Crippen LogP contribution in [0.15, 0.2) is 0 Å². The van der Waals surface area contributed by atoms with Crippen molar-refractivity contribution in [3.63, 3.8) is 0 Å². The Bertz CT molecular complexity index is 540. The van der Waals surface area contributed by atoms with Crippen molar-refractivity contribution in [3.05, 3.63) is 0 Å². The molecule has 14 nitrogen and oxygen atoms in total. The summed E-state index contributed by atoms with van der Waals surface area (Å²) in [6.07, 6.45) is -4.15. The average Bonchev–Trinajstić information content (AvgIpc) is 2.62. The van der Waals surface area contributed by atoms with E-state index in [0.29, 0.717) is 0 Å². The molecule has 29 heavy (non-hydrogen) atoms. The molecule has 0 aliphatic heterocycles. The molecule has 3 unspecified atom stereocenters. The highest BCUT2D eigenvalue weighted by Gasteiger charge is 2.29. The van der Waals surface area contributed by atoms with Gasteiger partial charge in [-0.1, -0.05) is 0 Å². The summed E-state index contributed by atoms with van der Waals surface area (Å²) in [6.45, 7) is -1.82. The molecule has 0 heterocycles. The van der Waals surface area contributed by atoms with Crippen molar-refractivity contribution in [2.75, 3.05) is 39.5 Å². The maximum Gasteiger partial charge on any atom is 0.333 e. The molecule has 0 fully saturated rings. The van der Waals surface area contributed by atoms with Crippen molar-refractivity contribution in [3.8, 4) is 0 Å². The highest BCUT2D eigenvalue weighted by atomic mass is 17.1. The van der Waals surface area contributed by atoms with Crippen LogP contribution in [0.4, 0.5) is 0 Å². The smallest absolute Gasteiger partial charge is 0.333 e. The van der Waals surface area contributed by atoms with Gasteiger partial charge in [0.1, 0.15) is 18.8 Å². The van der Waals surface area contributed by atoms with Crippen LogP contribution in [-0.2, 0) is 33.5 Å². The third kappa shape index (κ3) is 11.9. The lowest BCUT2D eigenvalue weighted by atomic mass is 10.1. The molecule has 0 aliphatic rings. The molecule has 0 saturated heterocycles. The Balaban J connectivity index is 5.01. The van der Waals surface area contributed by atoms with E-state index >= 15 is 0 Å². The minimum Gasteiger partial charge on any atom is -0.481 e. The Morgan fingerprint density at radius 2 is 1.38 bits per heavy atom. The normalized spacial score (nSPS) is 14.3. The first kappa shape index (κ1) is 26.6. The topological polar surface area (TPSA) is 221 Å². The summed E-state index contributed by atoms with van der Waals surface area (Å²) in [5, 5.41) is 53.2. The van der Waals surface area contributed by atoms with Crippen LogP contribution < -0.4 is 0 Å². The number of rotatable bonds is 18. The van der Waals surface area contributed by atoms with E-state index in [1.54, 1.807) is 0 Å². The Morgan fingerprint density at radius 3 is 1.79 bits per heavy atom. The lowest BCUT2D eigenvalue weighted by Crippen LogP contribution is -2.46. The van der Waals surface area contributed by atoms with Gasteiger partial charge < -0.3 is 35.0 Å². The Kier molecular flexibility index (Phi) is 13.4. The van der Waals surface area contributed by atoms with Gasteiger partial charge in [0.25, 0.3) is 0 Å². The Morgan fingerprint density at radius 1 is 0.828 bits per heavy atom. The number of carboxylic acid groups (broad SMARTS) is 4. The fourth-order valence-corrected chi connectivity index (χ4v) is 2.22. The number of aliphatic hydroxyl groups excluding tert-OH is 1. The molecular formula is C15H25NO13. The molecule has 0 spiro atoms. The molecule has 0 rings (SSSR count). The first-order chi connectivity index (χ1) is 13.6. The molecule has 0 saturated carbocycles. The summed E-state index contributed by atoms with van der Waals surface area (Å²) in [6, 6.07) is -1.50. The van der Waals surface area contributed by atoms with E-state index in [2.05, 4.69) is 4.89 Å². The van der Waals surface area contributed by atoms with Gasteiger partial charge in [-0.05, 0) is 0 Å². The first-order valence-electron chi connectivity index (χ1n) is 8.36. The van der Waals surface area contributed by atoms with Crippen molar-refractivity contribution in [2.45, 2.75) is 31.1 Å². The van der Waals surface area contributed by atoms with E-state index in [1.165, 1.54) is 0 Å². The SMILES string of the molecule is O=C(O)CC(OCCN(CCOC(CO)COO)C(CC(=O)O)C(=O)O)C(=O)O. The molecule has 14 heteroatoms. The van der Waals surface area contributed by atoms with E-state index in [4.69, 9.17) is 35.2 Å². The molecule has 6 N–H and O–H groups in total. The number of hydrogen-bond acceptors (Lipinski definition) is 10. The van der Waals surface area contributed by atoms with Crippen LogP contribution in [0.2, 0.25) is 0 Å². The van der Waals surface area contributed by atoms with Gasteiger partial charge in [0, 0.05) is 13.1 Å². The maximum atomic E-state index is 11.4. The number of nitrogens with zero attached hydrogens (tertiary/aromatic N) is 1. The van der Waals surface area contributed by atoms with Crippen LogP contribution >= 0.6 is 0 Å². The fraction of sp³-hybridized carbons (Fsp3) is 0.733. The molecular weight excluding hydrogens is 402 g/mol. The highest BCUT2D eigenvalue weighted by Crippen LogP contribution is 2.08. The first-order valence-corrected chi connectivity index (χ1v) is 8.36. The zero-order valence-corrected chi connectivity index (χ0v) is 15.4. The van der Waals surface area contributed by atoms with Crippen molar-refractivity contribution in [2.24, 2.45) is 0 Å². The summed E-state index contributed by atoms with van der Waals surface area (Å²) in [4.78, 5) is 49.0. The minimum absolute atomic E-state index is 0.147. The zero-order valence-electron chi connectivity index (χ0n) is 15.4. The van der Waals surface area contributed by atoms with E-state index < -0.39 is 68.2 Å². The molecule has 0 aromatic rings. The molecule has 0 bridgehead atoms. The predicted molar refractivity (Wildman–Crippen MR) is 90.3 cm³/mol. The zero-order chi connectivity index (χ0) is 22.4. The standard InChI is InChI=1S/C15H25NO13/c17-7-9(8-29-26)27-3-1-16(10(14(22)23)5-12(18)19)2-4-28-11(15(24)25)6-13(20)21/h9-11,17,26H,1-8H2,(H,18,19)(H,20,21)(H,22,23)(H,24,25).